The van der Waals surface area contributed by atoms with E-state index in [0.29, 0.717) is 35.7 Å². The lowest BCUT2D eigenvalue weighted by atomic mass is 9.49. The molecule has 2 aromatic heterocycles. The molecule has 3 aliphatic rings. The SMILES string of the molecule is Cc1ncc(Cl)cc1NCc1ccc(C(=O)NC(CC2CC3(C2)CC(F)(F)C3)C(=O)NC2CC2)s1. The molecule has 6 nitrogen and oxygen atoms in total. The van der Waals surface area contributed by atoms with Gasteiger partial charge >= 0.3 is 0 Å². The number of alkyl halides is 2. The van der Waals surface area contributed by atoms with Crippen LogP contribution < -0.4 is 16.0 Å². The summed E-state index contributed by atoms with van der Waals surface area (Å²) in [6.07, 6.45) is 5.32. The zero-order valence-electron chi connectivity index (χ0n) is 19.5. The topological polar surface area (TPSA) is 83.1 Å². The van der Waals surface area contributed by atoms with Crippen molar-refractivity contribution in [1.82, 2.24) is 15.6 Å². The van der Waals surface area contributed by atoms with Gasteiger partial charge in [0.15, 0.2) is 0 Å². The number of thiophene rings is 1. The van der Waals surface area contributed by atoms with Gasteiger partial charge in [0.1, 0.15) is 6.04 Å². The third-order valence-electron chi connectivity index (χ3n) is 7.22. The van der Waals surface area contributed by atoms with Crippen LogP contribution in [0, 0.1) is 18.3 Å². The molecule has 1 unspecified atom stereocenters. The van der Waals surface area contributed by atoms with E-state index in [4.69, 9.17) is 11.6 Å². The molecule has 2 aromatic rings. The summed E-state index contributed by atoms with van der Waals surface area (Å²) in [6, 6.07) is 4.97. The van der Waals surface area contributed by atoms with Gasteiger partial charge in [-0.1, -0.05) is 11.6 Å². The van der Waals surface area contributed by atoms with Crippen molar-refractivity contribution in [2.45, 2.75) is 76.4 Å². The quantitative estimate of drug-likeness (QED) is 0.417. The van der Waals surface area contributed by atoms with Crippen molar-refractivity contribution < 1.29 is 18.4 Å². The van der Waals surface area contributed by atoms with Crippen LogP contribution in [0.2, 0.25) is 5.02 Å². The Morgan fingerprint density at radius 3 is 2.69 bits per heavy atom. The Morgan fingerprint density at radius 2 is 2.00 bits per heavy atom. The van der Waals surface area contributed by atoms with E-state index in [0.717, 1.165) is 29.1 Å². The molecule has 0 aliphatic heterocycles. The number of hydrogen-bond donors (Lipinski definition) is 3. The van der Waals surface area contributed by atoms with Crippen LogP contribution in [0.5, 0.6) is 0 Å². The number of carbonyl (C=O) groups is 2. The smallest absolute Gasteiger partial charge is 0.262 e. The molecule has 1 atom stereocenters. The predicted molar refractivity (Wildman–Crippen MR) is 132 cm³/mol. The Morgan fingerprint density at radius 1 is 1.26 bits per heavy atom. The largest absolute Gasteiger partial charge is 0.379 e. The van der Waals surface area contributed by atoms with Gasteiger partial charge in [-0.15, -0.1) is 11.3 Å². The molecule has 2 amide bonds. The fourth-order valence-corrected chi connectivity index (χ4v) is 6.46. The molecule has 5 rings (SSSR count). The standard InChI is InChI=1S/C25H29ClF2N4O2S/c1-14-19(7-16(26)10-29-14)30-11-18-4-5-21(35-18)23(34)32-20(22(33)31-17-2-3-17)6-15-8-24(9-15)12-25(27,28)13-24/h4-5,7,10,15,17,20,30H,2-3,6,8-9,11-13H2,1H3,(H,31,33)(H,32,34). The number of aryl methyl sites for hydroxylation is 1. The average molecular weight is 523 g/mol. The van der Waals surface area contributed by atoms with Crippen LogP contribution in [0.4, 0.5) is 14.5 Å². The molecule has 35 heavy (non-hydrogen) atoms. The van der Waals surface area contributed by atoms with Crippen molar-refractivity contribution >= 4 is 40.4 Å². The molecule has 3 aliphatic carbocycles. The van der Waals surface area contributed by atoms with Gasteiger partial charge in [0.2, 0.25) is 11.8 Å². The molecule has 3 N–H and O–H groups in total. The maximum absolute atomic E-state index is 13.3. The minimum atomic E-state index is -2.53. The molecule has 0 saturated heterocycles. The number of nitrogens with one attached hydrogen (secondary N) is 3. The molecule has 2 heterocycles. The molecular formula is C25H29ClF2N4O2S. The first kappa shape index (κ1) is 24.4. The van der Waals surface area contributed by atoms with E-state index in [9.17, 15) is 18.4 Å². The van der Waals surface area contributed by atoms with Crippen LogP contribution in [0.3, 0.4) is 0 Å². The van der Waals surface area contributed by atoms with Crippen LogP contribution in [0.25, 0.3) is 0 Å². The van der Waals surface area contributed by atoms with Gasteiger partial charge in [-0.25, -0.2) is 8.78 Å². The number of hydrogen-bond acceptors (Lipinski definition) is 5. The Labute approximate surface area is 212 Å². The number of anilines is 1. The maximum atomic E-state index is 13.3. The average Bonchev–Trinajstić information content (AvgIpc) is 3.43. The maximum Gasteiger partial charge on any atom is 0.262 e. The van der Waals surface area contributed by atoms with Crippen molar-refractivity contribution in [3.63, 3.8) is 0 Å². The van der Waals surface area contributed by atoms with Gasteiger partial charge < -0.3 is 16.0 Å². The zero-order chi connectivity index (χ0) is 24.8. The molecule has 3 fully saturated rings. The van der Waals surface area contributed by atoms with E-state index in [-0.39, 0.29) is 42.0 Å². The lowest BCUT2D eigenvalue weighted by Crippen LogP contribution is -2.56. The highest BCUT2D eigenvalue weighted by atomic mass is 35.5. The molecule has 1 spiro atoms. The van der Waals surface area contributed by atoms with E-state index in [1.165, 1.54) is 11.3 Å². The summed E-state index contributed by atoms with van der Waals surface area (Å²) in [7, 11) is 0. The number of pyridine rings is 1. The van der Waals surface area contributed by atoms with Gasteiger partial charge in [0.25, 0.3) is 5.91 Å². The van der Waals surface area contributed by atoms with Gasteiger partial charge in [0, 0.05) is 36.5 Å². The van der Waals surface area contributed by atoms with Crippen molar-refractivity contribution in [2.75, 3.05) is 5.32 Å². The summed E-state index contributed by atoms with van der Waals surface area (Å²) in [5.41, 5.74) is 1.41. The molecule has 10 heteroatoms. The van der Waals surface area contributed by atoms with E-state index >= 15 is 0 Å². The third-order valence-corrected chi connectivity index (χ3v) is 8.51. The van der Waals surface area contributed by atoms with E-state index in [2.05, 4.69) is 20.9 Å². The Balaban J connectivity index is 1.17. The van der Waals surface area contributed by atoms with E-state index in [1.54, 1.807) is 12.3 Å². The van der Waals surface area contributed by atoms with Crippen LogP contribution >= 0.6 is 22.9 Å². The second kappa shape index (κ2) is 9.32. The summed E-state index contributed by atoms with van der Waals surface area (Å²) in [5, 5.41) is 9.73. The molecule has 0 radical (unpaired) electrons. The molecular weight excluding hydrogens is 494 g/mol. The van der Waals surface area contributed by atoms with Crippen LogP contribution in [0.15, 0.2) is 24.4 Å². The summed E-state index contributed by atoms with van der Waals surface area (Å²) < 4.78 is 26.7. The van der Waals surface area contributed by atoms with Gasteiger partial charge in [-0.2, -0.15) is 0 Å². The zero-order valence-corrected chi connectivity index (χ0v) is 21.1. The van der Waals surface area contributed by atoms with Crippen molar-refractivity contribution in [2.24, 2.45) is 11.3 Å². The Bertz CT molecular complexity index is 1120. The number of halogens is 3. The minimum Gasteiger partial charge on any atom is -0.379 e. The number of amides is 2. The van der Waals surface area contributed by atoms with Crippen LogP contribution in [-0.2, 0) is 11.3 Å². The summed E-state index contributed by atoms with van der Waals surface area (Å²) >= 11 is 7.38. The molecule has 0 aromatic carbocycles. The first-order valence-electron chi connectivity index (χ1n) is 12.0. The fraction of sp³-hybridized carbons (Fsp3) is 0.560. The van der Waals surface area contributed by atoms with Gasteiger partial charge in [-0.3, -0.25) is 14.6 Å². The lowest BCUT2D eigenvalue weighted by Gasteiger charge is -2.57. The van der Waals surface area contributed by atoms with Crippen molar-refractivity contribution in [1.29, 1.82) is 0 Å². The highest BCUT2D eigenvalue weighted by Gasteiger charge is 2.61. The van der Waals surface area contributed by atoms with Crippen molar-refractivity contribution in [3.8, 4) is 0 Å². The number of aromatic nitrogens is 1. The molecule has 0 bridgehead atoms. The van der Waals surface area contributed by atoms with Crippen molar-refractivity contribution in [3.05, 3.63) is 44.9 Å². The van der Waals surface area contributed by atoms with E-state index < -0.39 is 12.0 Å². The number of rotatable bonds is 9. The normalized spacial score (nSPS) is 21.0. The summed E-state index contributed by atoms with van der Waals surface area (Å²) in [5.74, 6) is -2.82. The van der Waals surface area contributed by atoms with Gasteiger partial charge in [0.05, 0.1) is 21.3 Å². The van der Waals surface area contributed by atoms with Gasteiger partial charge in [-0.05, 0) is 68.6 Å². The monoisotopic (exact) mass is 522 g/mol. The third kappa shape index (κ3) is 5.77. The second-order valence-corrected chi connectivity index (χ2v) is 12.0. The van der Waals surface area contributed by atoms with E-state index in [1.807, 2.05) is 19.1 Å². The number of carbonyl (C=O) groups excluding carboxylic acids is 2. The summed E-state index contributed by atoms with van der Waals surface area (Å²) in [4.78, 5) is 31.5. The molecule has 3 saturated carbocycles. The van der Waals surface area contributed by atoms with Crippen LogP contribution in [0.1, 0.15) is 65.2 Å². The Hall–Kier alpha value is -2.26. The predicted octanol–water partition coefficient (Wildman–Crippen LogP) is 5.31. The lowest BCUT2D eigenvalue weighted by molar-refractivity contribution is -0.207. The highest BCUT2D eigenvalue weighted by molar-refractivity contribution is 7.14. The summed E-state index contributed by atoms with van der Waals surface area (Å²) in [6.45, 7) is 2.40. The first-order valence-corrected chi connectivity index (χ1v) is 13.2. The minimum absolute atomic E-state index is 0.0431. The fourth-order valence-electron chi connectivity index (χ4n) is 5.45. The highest BCUT2D eigenvalue weighted by Crippen LogP contribution is 2.65. The van der Waals surface area contributed by atoms with Crippen LogP contribution in [-0.4, -0.2) is 34.8 Å². The first-order chi connectivity index (χ1) is 16.6. The number of nitrogens with zero attached hydrogens (tertiary/aromatic N) is 1. The second-order valence-electron chi connectivity index (χ2n) is 10.4. The Kier molecular flexibility index (Phi) is 6.50. The molecule has 188 valence electrons.